The van der Waals surface area contributed by atoms with Crippen LogP contribution in [0.3, 0.4) is 0 Å². The van der Waals surface area contributed by atoms with Gasteiger partial charge in [-0.25, -0.2) is 22.3 Å². The molecule has 2 N–H and O–H groups in total. The number of sulfonamides is 1. The summed E-state index contributed by atoms with van der Waals surface area (Å²) < 4.78 is 40.2. The number of rotatable bonds is 5. The van der Waals surface area contributed by atoms with Crippen molar-refractivity contribution in [2.45, 2.75) is 17.9 Å². The number of hydrogen-bond acceptors (Lipinski definition) is 4. The van der Waals surface area contributed by atoms with Crippen LogP contribution >= 0.6 is 0 Å². The molecule has 22 heavy (non-hydrogen) atoms. The van der Waals surface area contributed by atoms with Crippen molar-refractivity contribution in [3.63, 3.8) is 0 Å². The van der Waals surface area contributed by atoms with Gasteiger partial charge in [-0.2, -0.15) is 0 Å². The Bertz CT molecular complexity index is 794. The summed E-state index contributed by atoms with van der Waals surface area (Å²) in [5, 5.41) is 8.85. The fraction of sp³-hybridized carbons (Fsp3) is 0.143. The minimum atomic E-state index is -4.00. The van der Waals surface area contributed by atoms with Crippen LogP contribution in [0.1, 0.15) is 29.0 Å². The molecule has 0 fully saturated rings. The summed E-state index contributed by atoms with van der Waals surface area (Å²) in [6.45, 7) is 1.60. The lowest BCUT2D eigenvalue weighted by molar-refractivity contribution is 0.0691. The minimum absolute atomic E-state index is 0.325. The lowest BCUT2D eigenvalue weighted by Gasteiger charge is -2.14. The standard InChI is InChI=1S/C14H13FN2O4S/c1-9(13-4-2-3-7-16-13)17-22(20,21)10-5-6-12(15)11(8-10)14(18)19/h2-9,17H,1H3,(H,18,19)/t9-/m1/s1. The molecule has 2 aromatic rings. The highest BCUT2D eigenvalue weighted by Gasteiger charge is 2.22. The maximum absolute atomic E-state index is 13.3. The summed E-state index contributed by atoms with van der Waals surface area (Å²) in [7, 11) is -4.00. The monoisotopic (exact) mass is 324 g/mol. The first-order valence-electron chi connectivity index (χ1n) is 6.27. The summed E-state index contributed by atoms with van der Waals surface area (Å²) in [5.74, 6) is -2.53. The molecule has 6 nitrogen and oxygen atoms in total. The Morgan fingerprint density at radius 1 is 1.32 bits per heavy atom. The molecule has 1 aromatic carbocycles. The van der Waals surface area contributed by atoms with Crippen LogP contribution < -0.4 is 4.72 Å². The van der Waals surface area contributed by atoms with Crippen LogP contribution in [0, 0.1) is 5.82 Å². The van der Waals surface area contributed by atoms with Gasteiger partial charge in [-0.3, -0.25) is 4.98 Å². The third-order valence-electron chi connectivity index (χ3n) is 2.94. The second-order valence-corrected chi connectivity index (χ2v) is 6.26. The molecule has 0 unspecified atom stereocenters. The molecule has 0 aliphatic carbocycles. The zero-order valence-electron chi connectivity index (χ0n) is 11.5. The number of benzene rings is 1. The van der Waals surface area contributed by atoms with Crippen molar-refractivity contribution in [3.05, 3.63) is 59.7 Å². The van der Waals surface area contributed by atoms with E-state index in [1.165, 1.54) is 6.20 Å². The summed E-state index contributed by atoms with van der Waals surface area (Å²) in [4.78, 5) is 14.6. The number of aromatic carboxylic acids is 1. The van der Waals surface area contributed by atoms with Crippen LogP contribution in [-0.4, -0.2) is 24.5 Å². The van der Waals surface area contributed by atoms with Crippen molar-refractivity contribution >= 4 is 16.0 Å². The van der Waals surface area contributed by atoms with E-state index in [9.17, 15) is 17.6 Å². The Kier molecular flexibility index (Phi) is 4.53. The summed E-state index contributed by atoms with van der Waals surface area (Å²) in [6, 6.07) is 7.05. The fourth-order valence-electron chi connectivity index (χ4n) is 1.83. The van der Waals surface area contributed by atoms with Crippen LogP contribution in [0.15, 0.2) is 47.5 Å². The second kappa shape index (κ2) is 6.20. The van der Waals surface area contributed by atoms with Gasteiger partial charge in [0.15, 0.2) is 0 Å². The number of carboxylic acid groups (broad SMARTS) is 1. The molecule has 116 valence electrons. The average molecular weight is 324 g/mol. The molecule has 0 saturated carbocycles. The molecular formula is C14H13FN2O4S. The van der Waals surface area contributed by atoms with E-state index in [0.717, 1.165) is 18.2 Å². The maximum atomic E-state index is 13.3. The Balaban J connectivity index is 2.31. The lowest BCUT2D eigenvalue weighted by Crippen LogP contribution is -2.27. The molecule has 0 aliphatic rings. The number of halogens is 1. The van der Waals surface area contributed by atoms with Gasteiger partial charge in [0.2, 0.25) is 10.0 Å². The molecule has 1 heterocycles. The normalized spacial score (nSPS) is 12.8. The van der Waals surface area contributed by atoms with Gasteiger partial charge in [0, 0.05) is 6.20 Å². The molecule has 0 bridgehead atoms. The predicted molar refractivity (Wildman–Crippen MR) is 76.3 cm³/mol. The molecule has 1 aromatic heterocycles. The second-order valence-electron chi connectivity index (χ2n) is 4.54. The Hall–Kier alpha value is -2.32. The van der Waals surface area contributed by atoms with E-state index in [1.54, 1.807) is 25.1 Å². The molecule has 0 spiro atoms. The number of hydrogen-bond donors (Lipinski definition) is 2. The van der Waals surface area contributed by atoms with Crippen LogP contribution in [0.4, 0.5) is 4.39 Å². The fourth-order valence-corrected chi connectivity index (χ4v) is 3.07. The number of carbonyl (C=O) groups is 1. The third-order valence-corrected chi connectivity index (χ3v) is 4.48. The van der Waals surface area contributed by atoms with Gasteiger partial charge in [0.1, 0.15) is 5.82 Å². The highest BCUT2D eigenvalue weighted by molar-refractivity contribution is 7.89. The molecule has 0 aliphatic heterocycles. The summed E-state index contributed by atoms with van der Waals surface area (Å²) in [5.41, 5.74) is -0.194. The van der Waals surface area contributed by atoms with E-state index >= 15 is 0 Å². The van der Waals surface area contributed by atoms with E-state index in [0.29, 0.717) is 5.69 Å². The van der Waals surface area contributed by atoms with E-state index < -0.39 is 33.4 Å². The first-order chi connectivity index (χ1) is 10.3. The number of carboxylic acids is 1. The predicted octanol–water partition coefficient (Wildman–Crippen LogP) is 1.96. The molecule has 0 radical (unpaired) electrons. The number of nitrogens with one attached hydrogen (secondary N) is 1. The van der Waals surface area contributed by atoms with Crippen LogP contribution in [-0.2, 0) is 10.0 Å². The number of pyridine rings is 1. The van der Waals surface area contributed by atoms with Crippen LogP contribution in [0.25, 0.3) is 0 Å². The quantitative estimate of drug-likeness (QED) is 0.876. The Morgan fingerprint density at radius 3 is 2.64 bits per heavy atom. The minimum Gasteiger partial charge on any atom is -0.478 e. The zero-order valence-corrected chi connectivity index (χ0v) is 12.3. The molecule has 1 atom stereocenters. The molecule has 0 saturated heterocycles. The van der Waals surface area contributed by atoms with E-state index in [-0.39, 0.29) is 4.90 Å². The largest absolute Gasteiger partial charge is 0.478 e. The molecular weight excluding hydrogens is 311 g/mol. The van der Waals surface area contributed by atoms with Gasteiger partial charge < -0.3 is 5.11 Å². The van der Waals surface area contributed by atoms with Crippen LogP contribution in [0.2, 0.25) is 0 Å². The first kappa shape index (κ1) is 16.1. The summed E-state index contributed by atoms with van der Waals surface area (Å²) in [6.07, 6.45) is 1.53. The Morgan fingerprint density at radius 2 is 2.05 bits per heavy atom. The van der Waals surface area contributed by atoms with Gasteiger partial charge in [0.05, 0.1) is 22.2 Å². The van der Waals surface area contributed by atoms with E-state index in [4.69, 9.17) is 5.11 Å². The van der Waals surface area contributed by atoms with E-state index in [2.05, 4.69) is 9.71 Å². The van der Waals surface area contributed by atoms with E-state index in [1.807, 2.05) is 0 Å². The van der Waals surface area contributed by atoms with Crippen molar-refractivity contribution in [1.82, 2.24) is 9.71 Å². The van der Waals surface area contributed by atoms with Crippen molar-refractivity contribution < 1.29 is 22.7 Å². The highest BCUT2D eigenvalue weighted by Crippen LogP contribution is 2.18. The smallest absolute Gasteiger partial charge is 0.338 e. The SMILES string of the molecule is C[C@@H](NS(=O)(=O)c1ccc(F)c(C(=O)O)c1)c1ccccn1. The van der Waals surface area contributed by atoms with Crippen LogP contribution in [0.5, 0.6) is 0 Å². The first-order valence-corrected chi connectivity index (χ1v) is 7.75. The van der Waals surface area contributed by atoms with Gasteiger partial charge in [0.25, 0.3) is 0 Å². The van der Waals surface area contributed by atoms with Gasteiger partial charge in [-0.1, -0.05) is 6.07 Å². The average Bonchev–Trinajstić information content (AvgIpc) is 2.47. The highest BCUT2D eigenvalue weighted by atomic mass is 32.2. The zero-order chi connectivity index (χ0) is 16.3. The number of aromatic nitrogens is 1. The molecule has 2 rings (SSSR count). The van der Waals surface area contributed by atoms with Crippen molar-refractivity contribution in [2.75, 3.05) is 0 Å². The molecule has 0 amide bonds. The Labute approximate surface area is 126 Å². The van der Waals surface area contributed by atoms with Crippen molar-refractivity contribution in [1.29, 1.82) is 0 Å². The number of nitrogens with zero attached hydrogens (tertiary/aromatic N) is 1. The lowest BCUT2D eigenvalue weighted by atomic mass is 10.2. The topological polar surface area (TPSA) is 96.4 Å². The maximum Gasteiger partial charge on any atom is 0.338 e. The molecule has 8 heteroatoms. The van der Waals surface area contributed by atoms with Crippen molar-refractivity contribution in [2.24, 2.45) is 0 Å². The van der Waals surface area contributed by atoms with Gasteiger partial charge in [-0.15, -0.1) is 0 Å². The van der Waals surface area contributed by atoms with Gasteiger partial charge >= 0.3 is 5.97 Å². The summed E-state index contributed by atoms with van der Waals surface area (Å²) >= 11 is 0. The van der Waals surface area contributed by atoms with Crippen molar-refractivity contribution in [3.8, 4) is 0 Å². The van der Waals surface area contributed by atoms with Gasteiger partial charge in [-0.05, 0) is 37.3 Å². The third kappa shape index (κ3) is 3.46.